The van der Waals surface area contributed by atoms with Gasteiger partial charge in [0.15, 0.2) is 17.3 Å². The number of aromatic amines is 1. The van der Waals surface area contributed by atoms with Crippen molar-refractivity contribution in [3.05, 3.63) is 59.2 Å². The molecular weight excluding hydrogens is 435 g/mol. The molecule has 11 nitrogen and oxygen atoms in total. The van der Waals surface area contributed by atoms with Crippen molar-refractivity contribution < 1.29 is 28.6 Å². The maximum Gasteiger partial charge on any atom is 0.300 e. The molecule has 0 aliphatic heterocycles. The maximum absolute atomic E-state index is 13.7. The van der Waals surface area contributed by atoms with Crippen molar-refractivity contribution in [2.75, 3.05) is 13.7 Å². The number of carbonyl (C=O) groups excluding carboxylic acids is 1. The SMILES string of the molecule is CC(=O)O.COc1ccc(C(=O)NCCCc2nn[nH]n2)cc1Oc1cc(F)cc(CN)c1. The number of amides is 1. The molecule has 12 heteroatoms. The molecule has 1 heterocycles. The molecule has 0 atom stereocenters. The lowest BCUT2D eigenvalue weighted by Crippen LogP contribution is -2.24. The van der Waals surface area contributed by atoms with Gasteiger partial charge in [-0.1, -0.05) is 5.21 Å². The van der Waals surface area contributed by atoms with E-state index in [0.29, 0.717) is 47.8 Å². The Labute approximate surface area is 189 Å². The monoisotopic (exact) mass is 460 g/mol. The Kier molecular flexibility index (Phi) is 9.71. The van der Waals surface area contributed by atoms with Gasteiger partial charge in [-0.15, -0.1) is 10.2 Å². The number of tetrazole rings is 1. The van der Waals surface area contributed by atoms with Crippen LogP contribution in [0.1, 0.15) is 35.1 Å². The second-order valence-electron chi connectivity index (χ2n) is 6.67. The van der Waals surface area contributed by atoms with Crippen molar-refractivity contribution in [3.8, 4) is 17.2 Å². The zero-order valence-electron chi connectivity index (χ0n) is 18.2. The Hall–Kier alpha value is -4.06. The number of aromatic nitrogens is 4. The van der Waals surface area contributed by atoms with Crippen LogP contribution in [-0.2, 0) is 17.8 Å². The number of aryl methyl sites for hydroxylation is 1. The van der Waals surface area contributed by atoms with Crippen LogP contribution >= 0.6 is 0 Å². The number of aliphatic carboxylic acids is 1. The van der Waals surface area contributed by atoms with E-state index in [1.54, 1.807) is 24.3 Å². The molecule has 0 radical (unpaired) electrons. The summed E-state index contributed by atoms with van der Waals surface area (Å²) in [5, 5.41) is 23.8. The highest BCUT2D eigenvalue weighted by molar-refractivity contribution is 5.94. The summed E-state index contributed by atoms with van der Waals surface area (Å²) in [7, 11) is 1.48. The van der Waals surface area contributed by atoms with E-state index in [0.717, 1.165) is 6.92 Å². The van der Waals surface area contributed by atoms with Gasteiger partial charge in [0.2, 0.25) is 0 Å². The first-order valence-electron chi connectivity index (χ1n) is 9.87. The van der Waals surface area contributed by atoms with E-state index >= 15 is 0 Å². The van der Waals surface area contributed by atoms with E-state index in [9.17, 15) is 9.18 Å². The van der Waals surface area contributed by atoms with E-state index in [1.165, 1.54) is 19.2 Å². The van der Waals surface area contributed by atoms with E-state index < -0.39 is 11.8 Å². The number of carboxylic acid groups (broad SMARTS) is 1. The van der Waals surface area contributed by atoms with Crippen LogP contribution in [0.3, 0.4) is 0 Å². The van der Waals surface area contributed by atoms with E-state index in [4.69, 9.17) is 25.1 Å². The lowest BCUT2D eigenvalue weighted by molar-refractivity contribution is -0.134. The molecule has 2 aromatic carbocycles. The smallest absolute Gasteiger partial charge is 0.300 e. The number of carboxylic acids is 1. The standard InChI is InChI=1S/C19H21FN6O3.C2H4O2/c1-28-16-5-4-13(19(27)22-6-2-3-18-23-25-26-24-18)9-17(16)29-15-8-12(11-21)7-14(20)10-15;1-2(3)4/h4-5,7-10H,2-3,6,11,21H2,1H3,(H,22,27)(H,23,24,25,26);1H3,(H,3,4). The van der Waals surface area contributed by atoms with Crippen LogP contribution in [0.2, 0.25) is 0 Å². The number of nitrogens with two attached hydrogens (primary N) is 1. The number of hydrogen-bond acceptors (Lipinski definition) is 8. The minimum atomic E-state index is -0.833. The fourth-order valence-electron chi connectivity index (χ4n) is 2.66. The maximum atomic E-state index is 13.7. The fraction of sp³-hybridized carbons (Fsp3) is 0.286. The zero-order chi connectivity index (χ0) is 24.2. The number of carbonyl (C=O) groups is 2. The second-order valence-corrected chi connectivity index (χ2v) is 6.67. The number of nitrogens with one attached hydrogen (secondary N) is 2. The molecule has 0 fully saturated rings. The highest BCUT2D eigenvalue weighted by Crippen LogP contribution is 2.33. The second kappa shape index (κ2) is 12.7. The summed E-state index contributed by atoms with van der Waals surface area (Å²) in [5.41, 5.74) is 6.55. The van der Waals surface area contributed by atoms with E-state index in [-0.39, 0.29) is 18.2 Å². The van der Waals surface area contributed by atoms with Crippen LogP contribution in [0.15, 0.2) is 36.4 Å². The molecule has 0 unspecified atom stereocenters. The Morgan fingerprint density at radius 3 is 2.61 bits per heavy atom. The average molecular weight is 460 g/mol. The van der Waals surface area contributed by atoms with Crippen LogP contribution < -0.4 is 20.5 Å². The minimum Gasteiger partial charge on any atom is -0.493 e. The quantitative estimate of drug-likeness (QED) is 0.350. The Morgan fingerprint density at radius 2 is 1.97 bits per heavy atom. The largest absolute Gasteiger partial charge is 0.493 e. The Morgan fingerprint density at radius 1 is 1.21 bits per heavy atom. The van der Waals surface area contributed by atoms with Crippen molar-refractivity contribution in [3.63, 3.8) is 0 Å². The molecule has 0 bridgehead atoms. The summed E-state index contributed by atoms with van der Waals surface area (Å²) < 4.78 is 24.8. The van der Waals surface area contributed by atoms with Crippen LogP contribution in [0.25, 0.3) is 0 Å². The molecule has 176 valence electrons. The van der Waals surface area contributed by atoms with Crippen LogP contribution in [0.5, 0.6) is 17.2 Å². The van der Waals surface area contributed by atoms with Gasteiger partial charge in [0.25, 0.3) is 11.9 Å². The number of methoxy groups -OCH3 is 1. The molecule has 0 spiro atoms. The van der Waals surface area contributed by atoms with Crippen molar-refractivity contribution in [2.45, 2.75) is 26.3 Å². The van der Waals surface area contributed by atoms with Gasteiger partial charge in [0, 0.05) is 38.1 Å². The molecule has 0 saturated carbocycles. The molecule has 0 aliphatic rings. The number of halogens is 1. The topological polar surface area (TPSA) is 165 Å². The molecule has 5 N–H and O–H groups in total. The molecule has 1 amide bonds. The predicted molar refractivity (Wildman–Crippen MR) is 116 cm³/mol. The average Bonchev–Trinajstić information content (AvgIpc) is 3.29. The summed E-state index contributed by atoms with van der Waals surface area (Å²) in [6.07, 6.45) is 1.26. The highest BCUT2D eigenvalue weighted by Gasteiger charge is 2.13. The first-order chi connectivity index (χ1) is 15.8. The summed E-state index contributed by atoms with van der Waals surface area (Å²) in [6, 6.07) is 8.99. The van der Waals surface area contributed by atoms with Gasteiger partial charge in [-0.05, 0) is 42.3 Å². The summed E-state index contributed by atoms with van der Waals surface area (Å²) in [5.74, 6) is -0.00426. The van der Waals surface area contributed by atoms with Gasteiger partial charge in [-0.3, -0.25) is 9.59 Å². The first kappa shape index (κ1) is 25.2. The summed E-state index contributed by atoms with van der Waals surface area (Å²) in [4.78, 5) is 21.4. The fourth-order valence-corrected chi connectivity index (χ4v) is 2.66. The van der Waals surface area contributed by atoms with Gasteiger partial charge >= 0.3 is 0 Å². The van der Waals surface area contributed by atoms with Gasteiger partial charge < -0.3 is 25.6 Å². The lowest BCUT2D eigenvalue weighted by Gasteiger charge is -2.13. The number of benzene rings is 2. The predicted octanol–water partition coefficient (Wildman–Crippen LogP) is 2.05. The third kappa shape index (κ3) is 8.53. The van der Waals surface area contributed by atoms with Crippen LogP contribution in [0.4, 0.5) is 4.39 Å². The molecule has 0 saturated heterocycles. The Bertz CT molecular complexity index is 1060. The van der Waals surface area contributed by atoms with Gasteiger partial charge in [0.05, 0.1) is 7.11 Å². The van der Waals surface area contributed by atoms with E-state index in [2.05, 4.69) is 25.9 Å². The zero-order valence-corrected chi connectivity index (χ0v) is 18.2. The number of H-pyrrole nitrogens is 1. The normalized spacial score (nSPS) is 10.1. The van der Waals surface area contributed by atoms with Crippen LogP contribution in [-0.4, -0.2) is 51.3 Å². The third-order valence-electron chi connectivity index (χ3n) is 4.07. The molecule has 0 aliphatic carbocycles. The molecule has 3 aromatic rings. The van der Waals surface area contributed by atoms with Gasteiger partial charge in [-0.2, -0.15) is 5.21 Å². The van der Waals surface area contributed by atoms with Crippen molar-refractivity contribution >= 4 is 11.9 Å². The minimum absolute atomic E-state index is 0.178. The third-order valence-corrected chi connectivity index (χ3v) is 4.07. The lowest BCUT2D eigenvalue weighted by atomic mass is 10.1. The number of hydrogen-bond donors (Lipinski definition) is 4. The number of ether oxygens (including phenoxy) is 2. The highest BCUT2D eigenvalue weighted by atomic mass is 19.1. The number of nitrogens with zero attached hydrogens (tertiary/aromatic N) is 3. The number of rotatable bonds is 9. The first-order valence-corrected chi connectivity index (χ1v) is 9.87. The molecular formula is C21H25FN6O5. The van der Waals surface area contributed by atoms with Gasteiger partial charge in [-0.25, -0.2) is 4.39 Å². The van der Waals surface area contributed by atoms with Gasteiger partial charge in [0.1, 0.15) is 11.6 Å². The Balaban J connectivity index is 0.000000890. The summed E-state index contributed by atoms with van der Waals surface area (Å²) in [6.45, 7) is 1.71. The van der Waals surface area contributed by atoms with E-state index in [1.807, 2.05) is 0 Å². The summed E-state index contributed by atoms with van der Waals surface area (Å²) >= 11 is 0. The van der Waals surface area contributed by atoms with Crippen molar-refractivity contribution in [1.82, 2.24) is 25.9 Å². The van der Waals surface area contributed by atoms with Crippen molar-refractivity contribution in [1.29, 1.82) is 0 Å². The molecule has 33 heavy (non-hydrogen) atoms. The van der Waals surface area contributed by atoms with Crippen molar-refractivity contribution in [2.24, 2.45) is 5.73 Å². The molecule has 3 rings (SSSR count). The molecule has 1 aromatic heterocycles. The van der Waals surface area contributed by atoms with Crippen LogP contribution in [0, 0.1) is 5.82 Å².